The van der Waals surface area contributed by atoms with Crippen LogP contribution in [0.4, 0.5) is 10.1 Å². The number of hydrazone groups is 1. The van der Waals surface area contributed by atoms with E-state index in [1.165, 1.54) is 23.9 Å². The number of aryl methyl sites for hydroxylation is 1. The summed E-state index contributed by atoms with van der Waals surface area (Å²) in [7, 11) is 0. The Balaban J connectivity index is 1.35. The summed E-state index contributed by atoms with van der Waals surface area (Å²) in [6, 6.07) is 24.0. The van der Waals surface area contributed by atoms with Crippen LogP contribution in [0.15, 0.2) is 89.0 Å². The second-order valence-electron chi connectivity index (χ2n) is 8.46. The highest BCUT2D eigenvalue weighted by molar-refractivity contribution is 8.15. The van der Waals surface area contributed by atoms with Crippen LogP contribution in [0.1, 0.15) is 35.6 Å². The molecule has 2 aliphatic rings. The van der Waals surface area contributed by atoms with Crippen molar-refractivity contribution in [3.63, 3.8) is 0 Å². The molecule has 0 saturated heterocycles. The van der Waals surface area contributed by atoms with Gasteiger partial charge in [0.1, 0.15) is 11.1 Å². The topological polar surface area (TPSA) is 74.1 Å². The number of carbonyl (C=O) groups is 2. The Morgan fingerprint density at radius 1 is 1.06 bits per heavy atom. The number of anilines is 1. The number of benzene rings is 3. The molecule has 0 aromatic heterocycles. The van der Waals surface area contributed by atoms with Crippen LogP contribution in [0.25, 0.3) is 0 Å². The number of hydrogen-bond acceptors (Lipinski definition) is 5. The second-order valence-corrected chi connectivity index (χ2v) is 9.63. The van der Waals surface area contributed by atoms with Gasteiger partial charge in [0.15, 0.2) is 5.17 Å². The van der Waals surface area contributed by atoms with E-state index in [4.69, 9.17) is 5.10 Å². The third-order valence-corrected chi connectivity index (χ3v) is 7.07. The highest BCUT2D eigenvalue weighted by Crippen LogP contribution is 2.38. The van der Waals surface area contributed by atoms with Crippen molar-refractivity contribution in [1.29, 1.82) is 0 Å². The van der Waals surface area contributed by atoms with Gasteiger partial charge in [-0.05, 0) is 30.2 Å². The van der Waals surface area contributed by atoms with Gasteiger partial charge in [-0.2, -0.15) is 10.1 Å². The maximum Gasteiger partial charge on any atom is 0.262 e. The van der Waals surface area contributed by atoms with E-state index in [0.29, 0.717) is 11.6 Å². The van der Waals surface area contributed by atoms with E-state index in [-0.39, 0.29) is 24.1 Å². The van der Waals surface area contributed by atoms with E-state index in [1.54, 1.807) is 17.1 Å². The number of carbonyl (C=O) groups excluding carboxylic acids is 2. The Labute approximate surface area is 207 Å². The average Bonchev–Trinajstić information content (AvgIpc) is 3.46. The molecule has 3 aromatic carbocycles. The van der Waals surface area contributed by atoms with Crippen LogP contribution >= 0.6 is 11.8 Å². The molecule has 5 rings (SSSR count). The molecule has 0 fully saturated rings. The largest absolute Gasteiger partial charge is 0.324 e. The minimum atomic E-state index is -0.689. The molecule has 0 saturated carbocycles. The third-order valence-electron chi connectivity index (χ3n) is 5.92. The summed E-state index contributed by atoms with van der Waals surface area (Å²) in [4.78, 5) is 29.5. The van der Waals surface area contributed by atoms with Crippen molar-refractivity contribution in [3.8, 4) is 0 Å². The van der Waals surface area contributed by atoms with Gasteiger partial charge in [0.05, 0.1) is 17.4 Å². The number of nitrogens with zero attached hydrogens (tertiary/aromatic N) is 3. The molecule has 3 aromatic rings. The van der Waals surface area contributed by atoms with E-state index >= 15 is 0 Å². The Bertz CT molecular complexity index is 1320. The van der Waals surface area contributed by atoms with Crippen molar-refractivity contribution in [2.75, 3.05) is 5.32 Å². The van der Waals surface area contributed by atoms with Crippen LogP contribution in [-0.2, 0) is 9.59 Å². The van der Waals surface area contributed by atoms with Gasteiger partial charge in [-0.3, -0.25) is 9.59 Å². The maximum absolute atomic E-state index is 13.9. The number of thioether (sulfide) groups is 1. The zero-order chi connectivity index (χ0) is 24.4. The first-order valence-corrected chi connectivity index (χ1v) is 12.2. The van der Waals surface area contributed by atoms with Gasteiger partial charge in [-0.25, -0.2) is 9.40 Å². The van der Waals surface area contributed by atoms with Gasteiger partial charge < -0.3 is 5.32 Å². The first-order chi connectivity index (χ1) is 17.0. The fraction of sp³-hybridized carbons (Fsp3) is 0.185. The summed E-state index contributed by atoms with van der Waals surface area (Å²) in [6.45, 7) is 2.04. The van der Waals surface area contributed by atoms with Gasteiger partial charge in [0.25, 0.3) is 5.91 Å². The molecule has 2 atom stereocenters. The van der Waals surface area contributed by atoms with E-state index in [9.17, 15) is 14.0 Å². The lowest BCUT2D eigenvalue weighted by Crippen LogP contribution is -2.25. The molecule has 0 unspecified atom stereocenters. The Hall–Kier alpha value is -3.78. The molecule has 2 amide bonds. The van der Waals surface area contributed by atoms with Crippen LogP contribution in [0.5, 0.6) is 0 Å². The zero-order valence-corrected chi connectivity index (χ0v) is 19.8. The summed E-state index contributed by atoms with van der Waals surface area (Å²) in [5, 5.41) is 8.96. The summed E-state index contributed by atoms with van der Waals surface area (Å²) >= 11 is 1.22. The highest BCUT2D eigenvalue weighted by atomic mass is 32.2. The van der Waals surface area contributed by atoms with Crippen LogP contribution in [0.2, 0.25) is 0 Å². The lowest BCUT2D eigenvalue weighted by Gasteiger charge is -2.23. The maximum atomic E-state index is 13.9. The number of rotatable bonds is 5. The van der Waals surface area contributed by atoms with Crippen LogP contribution in [-0.4, -0.2) is 33.0 Å². The minimum Gasteiger partial charge on any atom is -0.324 e. The Morgan fingerprint density at radius 3 is 2.51 bits per heavy atom. The molecule has 0 aliphatic carbocycles. The molecule has 1 N–H and O–H groups in total. The monoisotopic (exact) mass is 486 g/mol. The van der Waals surface area contributed by atoms with Crippen molar-refractivity contribution in [2.24, 2.45) is 10.1 Å². The Morgan fingerprint density at radius 2 is 1.77 bits per heavy atom. The SMILES string of the molecule is Cc1ccc([C@@H]2CC(c3ccccc3)=NN2C2=NC(=O)[C@@H](CC(=O)Nc3ccccc3F)S2)cc1. The number of hydrogen-bond donors (Lipinski definition) is 1. The van der Waals surface area contributed by atoms with E-state index in [2.05, 4.69) is 34.6 Å². The smallest absolute Gasteiger partial charge is 0.262 e. The minimum absolute atomic E-state index is 0.0881. The molecule has 0 bridgehead atoms. The number of nitrogens with one attached hydrogen (secondary N) is 1. The number of aliphatic imine (C=N–C) groups is 1. The molecule has 35 heavy (non-hydrogen) atoms. The van der Waals surface area contributed by atoms with E-state index in [1.807, 2.05) is 37.3 Å². The van der Waals surface area contributed by atoms with Gasteiger partial charge >= 0.3 is 0 Å². The predicted octanol–water partition coefficient (Wildman–Crippen LogP) is 5.31. The fourth-order valence-corrected chi connectivity index (χ4v) is 5.14. The summed E-state index contributed by atoms with van der Waals surface area (Å²) in [5.41, 5.74) is 4.24. The molecule has 0 radical (unpaired) electrons. The van der Waals surface area contributed by atoms with E-state index in [0.717, 1.165) is 22.4 Å². The van der Waals surface area contributed by atoms with Crippen molar-refractivity contribution < 1.29 is 14.0 Å². The van der Waals surface area contributed by atoms with Gasteiger partial charge in [-0.1, -0.05) is 84.1 Å². The zero-order valence-electron chi connectivity index (χ0n) is 19.0. The van der Waals surface area contributed by atoms with Gasteiger partial charge in [0.2, 0.25) is 5.91 Å². The summed E-state index contributed by atoms with van der Waals surface area (Å²) < 4.78 is 13.9. The first-order valence-electron chi connectivity index (χ1n) is 11.3. The lowest BCUT2D eigenvalue weighted by atomic mass is 9.98. The van der Waals surface area contributed by atoms with Crippen LogP contribution in [0, 0.1) is 12.7 Å². The van der Waals surface area contributed by atoms with Crippen molar-refractivity contribution in [3.05, 3.63) is 101 Å². The highest BCUT2D eigenvalue weighted by Gasteiger charge is 2.39. The number of amides is 2. The average molecular weight is 487 g/mol. The van der Waals surface area contributed by atoms with Crippen molar-refractivity contribution >= 4 is 40.1 Å². The van der Waals surface area contributed by atoms with E-state index < -0.39 is 17.0 Å². The first kappa shape index (κ1) is 23.0. The Kier molecular flexibility index (Phi) is 6.46. The van der Waals surface area contributed by atoms with Crippen LogP contribution < -0.4 is 5.32 Å². The number of amidine groups is 1. The van der Waals surface area contributed by atoms with Crippen molar-refractivity contribution in [2.45, 2.75) is 31.1 Å². The van der Waals surface area contributed by atoms with Crippen molar-refractivity contribution in [1.82, 2.24) is 5.01 Å². The quantitative estimate of drug-likeness (QED) is 0.530. The predicted molar refractivity (Wildman–Crippen MR) is 137 cm³/mol. The standard InChI is InChI=1S/C27H23FN4O2S/c1-17-11-13-19(14-12-17)23-15-22(18-7-3-2-4-8-18)31-32(23)27-30-26(34)24(35-27)16-25(33)29-21-10-6-5-9-20(21)28/h2-14,23-24H,15-16H2,1H3,(H,29,33)/t23-,24+/m0/s1. The molecular weight excluding hydrogens is 463 g/mol. The molecule has 176 valence electrons. The molecule has 6 nitrogen and oxygen atoms in total. The normalized spacial score (nSPS) is 19.5. The summed E-state index contributed by atoms with van der Waals surface area (Å²) in [5.74, 6) is -1.36. The number of para-hydroxylation sites is 1. The van der Waals surface area contributed by atoms with Gasteiger partial charge in [-0.15, -0.1) is 0 Å². The molecule has 2 heterocycles. The van der Waals surface area contributed by atoms with Crippen LogP contribution in [0.3, 0.4) is 0 Å². The van der Waals surface area contributed by atoms with Gasteiger partial charge in [0, 0.05) is 12.8 Å². The number of halogens is 1. The molecule has 8 heteroatoms. The summed E-state index contributed by atoms with van der Waals surface area (Å²) in [6.07, 6.45) is 0.558. The molecule has 0 spiro atoms. The third kappa shape index (κ3) is 5.02. The fourth-order valence-electron chi connectivity index (χ4n) is 4.08. The molecule has 2 aliphatic heterocycles. The molecular formula is C27H23FN4O2S. The second kappa shape index (κ2) is 9.84. The lowest BCUT2D eigenvalue weighted by molar-refractivity contribution is -0.121.